The smallest absolute Gasteiger partial charge is 0.274 e. The highest BCUT2D eigenvalue weighted by Crippen LogP contribution is 2.27. The van der Waals surface area contributed by atoms with Crippen molar-refractivity contribution in [3.63, 3.8) is 0 Å². The minimum Gasteiger partial charge on any atom is -0.488 e. The number of nitro benzene ring substituents is 1. The number of hydrogen-bond acceptors (Lipinski definition) is 4. The van der Waals surface area contributed by atoms with Crippen molar-refractivity contribution in [3.8, 4) is 5.75 Å². The lowest BCUT2D eigenvalue weighted by molar-refractivity contribution is -0.385. The molecule has 1 aliphatic rings. The van der Waals surface area contributed by atoms with E-state index >= 15 is 0 Å². The first-order valence-electron chi connectivity index (χ1n) is 8.66. The molecule has 0 saturated heterocycles. The number of halogens is 1. The highest BCUT2D eigenvalue weighted by Gasteiger charge is 2.22. The van der Waals surface area contributed by atoms with Gasteiger partial charge in [-0.15, -0.1) is 24.0 Å². The van der Waals surface area contributed by atoms with Crippen molar-refractivity contribution in [1.29, 1.82) is 0 Å². The first kappa shape index (κ1) is 20.9. The van der Waals surface area contributed by atoms with Gasteiger partial charge in [0.2, 0.25) is 0 Å². The van der Waals surface area contributed by atoms with E-state index in [0.29, 0.717) is 24.6 Å². The predicted octanol–water partition coefficient (Wildman–Crippen LogP) is 3.27. The molecule has 0 saturated carbocycles. The van der Waals surface area contributed by atoms with Gasteiger partial charge in [0.1, 0.15) is 11.9 Å². The maximum atomic E-state index is 11.1. The molecule has 2 aromatic rings. The SMILES string of the molecule is CCNC(=NCc1ccccc1[N+](=O)[O-])NCC1Cc2ccccc2O1.I. The second-order valence-electron chi connectivity index (χ2n) is 6.01. The number of benzene rings is 2. The van der Waals surface area contributed by atoms with Crippen LogP contribution >= 0.6 is 24.0 Å². The largest absolute Gasteiger partial charge is 0.488 e. The molecule has 1 aliphatic heterocycles. The molecule has 144 valence electrons. The summed E-state index contributed by atoms with van der Waals surface area (Å²) in [4.78, 5) is 15.2. The van der Waals surface area contributed by atoms with Gasteiger partial charge >= 0.3 is 0 Å². The summed E-state index contributed by atoms with van der Waals surface area (Å²) >= 11 is 0. The first-order chi connectivity index (χ1) is 12.7. The lowest BCUT2D eigenvalue weighted by atomic mass is 10.1. The van der Waals surface area contributed by atoms with Crippen LogP contribution in [0.1, 0.15) is 18.1 Å². The Morgan fingerprint density at radius 2 is 1.96 bits per heavy atom. The number of fused-ring (bicyclic) bond motifs is 1. The van der Waals surface area contributed by atoms with Gasteiger partial charge < -0.3 is 15.4 Å². The van der Waals surface area contributed by atoms with E-state index in [4.69, 9.17) is 4.74 Å². The van der Waals surface area contributed by atoms with Crippen LogP contribution in [-0.2, 0) is 13.0 Å². The molecule has 0 amide bonds. The van der Waals surface area contributed by atoms with Gasteiger partial charge in [-0.25, -0.2) is 4.99 Å². The maximum Gasteiger partial charge on any atom is 0.274 e. The fraction of sp³-hybridized carbons (Fsp3) is 0.316. The van der Waals surface area contributed by atoms with E-state index in [2.05, 4.69) is 21.7 Å². The molecule has 0 aliphatic carbocycles. The molecule has 1 unspecified atom stereocenters. The molecule has 0 aromatic heterocycles. The summed E-state index contributed by atoms with van der Waals surface area (Å²) in [7, 11) is 0. The molecule has 2 aromatic carbocycles. The zero-order valence-corrected chi connectivity index (χ0v) is 17.4. The van der Waals surface area contributed by atoms with E-state index in [1.54, 1.807) is 18.2 Å². The van der Waals surface area contributed by atoms with Gasteiger partial charge in [0.15, 0.2) is 5.96 Å². The van der Waals surface area contributed by atoms with Gasteiger partial charge in [-0.2, -0.15) is 0 Å². The van der Waals surface area contributed by atoms with Gasteiger partial charge in [0.25, 0.3) is 5.69 Å². The number of aliphatic imine (C=N–C) groups is 1. The second kappa shape index (κ2) is 10.1. The average Bonchev–Trinajstić information content (AvgIpc) is 3.07. The number of para-hydroxylation sites is 2. The van der Waals surface area contributed by atoms with Gasteiger partial charge in [-0.05, 0) is 18.6 Å². The Morgan fingerprint density at radius 3 is 2.70 bits per heavy atom. The van der Waals surface area contributed by atoms with E-state index < -0.39 is 0 Å². The highest BCUT2D eigenvalue weighted by molar-refractivity contribution is 14.0. The Bertz CT molecular complexity index is 788. The summed E-state index contributed by atoms with van der Waals surface area (Å²) < 4.78 is 5.91. The third-order valence-electron chi connectivity index (χ3n) is 4.15. The molecular formula is C19H23IN4O3. The van der Waals surface area contributed by atoms with Crippen LogP contribution in [0.15, 0.2) is 53.5 Å². The number of rotatable bonds is 6. The number of guanidine groups is 1. The van der Waals surface area contributed by atoms with Gasteiger partial charge in [-0.3, -0.25) is 10.1 Å². The van der Waals surface area contributed by atoms with Crippen molar-refractivity contribution >= 4 is 35.6 Å². The van der Waals surface area contributed by atoms with E-state index in [-0.39, 0.29) is 47.2 Å². The lowest BCUT2D eigenvalue weighted by Crippen LogP contribution is -2.42. The molecule has 1 heterocycles. The Hall–Kier alpha value is -2.36. The Labute approximate surface area is 175 Å². The Balaban J connectivity index is 0.00000261. The fourth-order valence-corrected chi connectivity index (χ4v) is 2.91. The second-order valence-corrected chi connectivity index (χ2v) is 6.01. The number of nitro groups is 1. The van der Waals surface area contributed by atoms with Crippen LogP contribution in [0.2, 0.25) is 0 Å². The van der Waals surface area contributed by atoms with Gasteiger partial charge in [0.05, 0.1) is 23.6 Å². The molecule has 3 rings (SSSR count). The molecule has 27 heavy (non-hydrogen) atoms. The third-order valence-corrected chi connectivity index (χ3v) is 4.15. The Kier molecular flexibility index (Phi) is 7.83. The summed E-state index contributed by atoms with van der Waals surface area (Å²) in [5.41, 5.74) is 1.88. The van der Waals surface area contributed by atoms with Crippen molar-refractivity contribution < 1.29 is 9.66 Å². The van der Waals surface area contributed by atoms with Crippen LogP contribution in [0, 0.1) is 10.1 Å². The quantitative estimate of drug-likeness (QED) is 0.217. The van der Waals surface area contributed by atoms with E-state index in [0.717, 1.165) is 12.2 Å². The zero-order valence-electron chi connectivity index (χ0n) is 15.1. The Morgan fingerprint density at radius 1 is 1.22 bits per heavy atom. The minimum absolute atomic E-state index is 0. The molecule has 0 spiro atoms. The first-order valence-corrected chi connectivity index (χ1v) is 8.66. The summed E-state index contributed by atoms with van der Waals surface area (Å²) in [6.45, 7) is 3.52. The summed E-state index contributed by atoms with van der Waals surface area (Å²) in [6.07, 6.45) is 0.898. The van der Waals surface area contributed by atoms with Crippen molar-refractivity contribution in [3.05, 3.63) is 69.8 Å². The van der Waals surface area contributed by atoms with Crippen molar-refractivity contribution in [2.24, 2.45) is 4.99 Å². The normalized spacial score (nSPS) is 15.3. The van der Waals surface area contributed by atoms with Crippen molar-refractivity contribution in [1.82, 2.24) is 10.6 Å². The average molecular weight is 482 g/mol. The number of ether oxygens (including phenoxy) is 1. The number of hydrogen-bond donors (Lipinski definition) is 2. The van der Waals surface area contributed by atoms with Gasteiger partial charge in [0, 0.05) is 19.0 Å². The minimum atomic E-state index is -0.380. The zero-order chi connectivity index (χ0) is 18.4. The van der Waals surface area contributed by atoms with E-state index in [9.17, 15) is 10.1 Å². The summed E-state index contributed by atoms with van der Waals surface area (Å²) in [6, 6.07) is 14.7. The standard InChI is InChI=1S/C19H22N4O3.HI/c1-2-20-19(21-12-15-8-3-5-9-17(15)23(24)25)22-13-16-11-14-7-4-6-10-18(14)26-16;/h3-10,16H,2,11-13H2,1H3,(H2,20,21,22);1H. The molecular weight excluding hydrogens is 459 g/mol. The highest BCUT2D eigenvalue weighted by atomic mass is 127. The predicted molar refractivity (Wildman–Crippen MR) is 116 cm³/mol. The third kappa shape index (κ3) is 5.56. The number of nitrogens with zero attached hydrogens (tertiary/aromatic N) is 2. The molecule has 7 nitrogen and oxygen atoms in total. The van der Waals surface area contributed by atoms with Crippen molar-refractivity contribution in [2.75, 3.05) is 13.1 Å². The van der Waals surface area contributed by atoms with Gasteiger partial charge in [-0.1, -0.05) is 36.4 Å². The molecule has 8 heteroatoms. The van der Waals surface area contributed by atoms with E-state index in [1.807, 2.05) is 25.1 Å². The molecule has 0 bridgehead atoms. The fourth-order valence-electron chi connectivity index (χ4n) is 2.91. The van der Waals surface area contributed by atoms with Crippen LogP contribution < -0.4 is 15.4 Å². The molecule has 0 fully saturated rings. The van der Waals surface area contributed by atoms with Crippen LogP contribution in [0.25, 0.3) is 0 Å². The number of nitrogens with one attached hydrogen (secondary N) is 2. The van der Waals surface area contributed by atoms with Crippen LogP contribution in [0.4, 0.5) is 5.69 Å². The molecule has 2 N–H and O–H groups in total. The monoisotopic (exact) mass is 482 g/mol. The lowest BCUT2D eigenvalue weighted by Gasteiger charge is -2.15. The molecule has 0 radical (unpaired) electrons. The van der Waals surface area contributed by atoms with Crippen LogP contribution in [-0.4, -0.2) is 30.1 Å². The topological polar surface area (TPSA) is 88.8 Å². The van der Waals surface area contributed by atoms with Crippen LogP contribution in [0.5, 0.6) is 5.75 Å². The van der Waals surface area contributed by atoms with Crippen LogP contribution in [0.3, 0.4) is 0 Å². The summed E-state index contributed by atoms with van der Waals surface area (Å²) in [5, 5.41) is 17.5. The maximum absolute atomic E-state index is 11.1. The molecule has 1 atom stereocenters. The summed E-state index contributed by atoms with van der Waals surface area (Å²) in [5.74, 6) is 1.55. The van der Waals surface area contributed by atoms with Crippen molar-refractivity contribution in [2.45, 2.75) is 26.0 Å². The van der Waals surface area contributed by atoms with E-state index in [1.165, 1.54) is 11.6 Å².